The zero-order valence-corrected chi connectivity index (χ0v) is 12.9. The van der Waals surface area contributed by atoms with Crippen LogP contribution in [0.15, 0.2) is 36.4 Å². The fraction of sp³-hybridized carbons (Fsp3) is 0.333. The lowest BCUT2D eigenvalue weighted by molar-refractivity contribution is 0.339. The third-order valence-corrected chi connectivity index (χ3v) is 5.16. The fourth-order valence-electron chi connectivity index (χ4n) is 2.01. The van der Waals surface area contributed by atoms with Crippen LogP contribution < -0.4 is 4.74 Å². The van der Waals surface area contributed by atoms with Gasteiger partial charge in [-0.05, 0) is 16.8 Å². The summed E-state index contributed by atoms with van der Waals surface area (Å²) in [6.45, 7) is 1.79. The van der Waals surface area contributed by atoms with Gasteiger partial charge in [-0.25, -0.2) is 8.42 Å². The number of ether oxygens (including phenoxy) is 1. The van der Waals surface area contributed by atoms with Crippen molar-refractivity contribution in [3.05, 3.63) is 42.0 Å². The Labute approximate surface area is 124 Å². The van der Waals surface area contributed by atoms with E-state index in [1.165, 1.54) is 0 Å². The zero-order valence-electron chi connectivity index (χ0n) is 11.3. The summed E-state index contributed by atoms with van der Waals surface area (Å²) < 4.78 is 28.5. The van der Waals surface area contributed by atoms with Crippen molar-refractivity contribution in [1.29, 1.82) is 0 Å². The first-order valence-electron chi connectivity index (χ1n) is 6.47. The maximum Gasteiger partial charge on any atom is 0.153 e. The van der Waals surface area contributed by atoms with Crippen LogP contribution in [0.2, 0.25) is 0 Å². The molecule has 0 saturated carbocycles. The smallest absolute Gasteiger partial charge is 0.153 e. The molecule has 108 valence electrons. The first-order chi connectivity index (χ1) is 9.57. The minimum atomic E-state index is -3.01. The van der Waals surface area contributed by atoms with E-state index in [0.717, 1.165) is 16.3 Å². The molecule has 0 spiro atoms. The molecule has 0 N–H and O–H groups in total. The van der Waals surface area contributed by atoms with Crippen molar-refractivity contribution in [2.75, 3.05) is 18.1 Å². The summed E-state index contributed by atoms with van der Waals surface area (Å²) in [5, 5.41) is 2.13. The van der Waals surface area contributed by atoms with Crippen LogP contribution >= 0.6 is 11.6 Å². The maximum absolute atomic E-state index is 11.5. The van der Waals surface area contributed by atoms with E-state index in [2.05, 4.69) is 0 Å². The summed E-state index contributed by atoms with van der Waals surface area (Å²) in [6, 6.07) is 11.7. The van der Waals surface area contributed by atoms with Crippen molar-refractivity contribution in [3.8, 4) is 5.75 Å². The van der Waals surface area contributed by atoms with Gasteiger partial charge in [0.1, 0.15) is 12.4 Å². The molecular formula is C15H17ClO3S. The van der Waals surface area contributed by atoms with Crippen LogP contribution in [-0.2, 0) is 15.7 Å². The lowest BCUT2D eigenvalue weighted by Crippen LogP contribution is -2.16. The lowest BCUT2D eigenvalue weighted by atomic mass is 10.0. The number of rotatable bonds is 6. The quantitative estimate of drug-likeness (QED) is 0.768. The molecule has 3 nitrogen and oxygen atoms in total. The predicted molar refractivity (Wildman–Crippen MR) is 83.3 cm³/mol. The number of hydrogen-bond acceptors (Lipinski definition) is 3. The van der Waals surface area contributed by atoms with E-state index in [9.17, 15) is 8.42 Å². The minimum Gasteiger partial charge on any atom is -0.492 e. The van der Waals surface area contributed by atoms with E-state index in [4.69, 9.17) is 16.3 Å². The average Bonchev–Trinajstić information content (AvgIpc) is 2.46. The molecule has 0 radical (unpaired) electrons. The first-order valence-corrected chi connectivity index (χ1v) is 8.83. The molecule has 2 aromatic rings. The minimum absolute atomic E-state index is 0.0258. The Morgan fingerprint density at radius 3 is 2.60 bits per heavy atom. The molecule has 0 aliphatic rings. The molecule has 2 aromatic carbocycles. The van der Waals surface area contributed by atoms with Crippen molar-refractivity contribution < 1.29 is 13.2 Å². The van der Waals surface area contributed by atoms with Gasteiger partial charge in [0.25, 0.3) is 0 Å². The Hall–Kier alpha value is -1.26. The highest BCUT2D eigenvalue weighted by molar-refractivity contribution is 7.91. The van der Waals surface area contributed by atoms with Gasteiger partial charge in [-0.2, -0.15) is 0 Å². The highest BCUT2D eigenvalue weighted by atomic mass is 35.5. The second-order valence-corrected chi connectivity index (χ2v) is 7.22. The van der Waals surface area contributed by atoms with Crippen LogP contribution in [0.25, 0.3) is 10.8 Å². The summed E-state index contributed by atoms with van der Waals surface area (Å²) in [7, 11) is -3.01. The highest BCUT2D eigenvalue weighted by Gasteiger charge is 2.11. The molecule has 0 amide bonds. The number of hydrogen-bond donors (Lipinski definition) is 0. The Morgan fingerprint density at radius 1 is 1.15 bits per heavy atom. The summed E-state index contributed by atoms with van der Waals surface area (Å²) in [5.41, 5.74) is 0.902. The van der Waals surface area contributed by atoms with Gasteiger partial charge in [-0.1, -0.05) is 37.3 Å². The van der Waals surface area contributed by atoms with Crippen LogP contribution in [-0.4, -0.2) is 26.5 Å². The third kappa shape index (κ3) is 3.44. The van der Waals surface area contributed by atoms with Crippen molar-refractivity contribution in [1.82, 2.24) is 0 Å². The molecule has 0 saturated heterocycles. The molecular weight excluding hydrogens is 296 g/mol. The van der Waals surface area contributed by atoms with Crippen LogP contribution in [0, 0.1) is 0 Å². The summed E-state index contributed by atoms with van der Waals surface area (Å²) in [6.07, 6.45) is 0. The van der Waals surface area contributed by atoms with Crippen molar-refractivity contribution in [2.45, 2.75) is 12.8 Å². The maximum atomic E-state index is 11.5. The molecule has 0 aliphatic heterocycles. The third-order valence-electron chi connectivity index (χ3n) is 3.22. The Balaban J connectivity index is 2.22. The molecule has 0 bridgehead atoms. The van der Waals surface area contributed by atoms with E-state index in [-0.39, 0.29) is 18.1 Å². The van der Waals surface area contributed by atoms with Crippen LogP contribution in [0.1, 0.15) is 12.5 Å². The van der Waals surface area contributed by atoms with Crippen molar-refractivity contribution >= 4 is 32.2 Å². The van der Waals surface area contributed by atoms with E-state index in [1.807, 2.05) is 36.4 Å². The number of sulfone groups is 1. The lowest BCUT2D eigenvalue weighted by Gasteiger charge is -2.12. The Morgan fingerprint density at radius 2 is 1.90 bits per heavy atom. The van der Waals surface area contributed by atoms with Gasteiger partial charge < -0.3 is 4.74 Å². The van der Waals surface area contributed by atoms with Gasteiger partial charge in [-0.15, -0.1) is 11.6 Å². The monoisotopic (exact) mass is 312 g/mol. The second-order valence-electron chi connectivity index (χ2n) is 4.48. The van der Waals surface area contributed by atoms with Gasteiger partial charge in [0.05, 0.1) is 11.6 Å². The topological polar surface area (TPSA) is 43.4 Å². The van der Waals surface area contributed by atoms with Gasteiger partial charge in [-0.3, -0.25) is 0 Å². The van der Waals surface area contributed by atoms with E-state index in [0.29, 0.717) is 11.6 Å². The van der Waals surface area contributed by atoms with E-state index >= 15 is 0 Å². The van der Waals surface area contributed by atoms with E-state index in [1.54, 1.807) is 6.92 Å². The van der Waals surface area contributed by atoms with Gasteiger partial charge in [0.2, 0.25) is 0 Å². The van der Waals surface area contributed by atoms with Crippen LogP contribution in [0.3, 0.4) is 0 Å². The number of halogens is 1. The van der Waals surface area contributed by atoms with Crippen molar-refractivity contribution in [3.63, 3.8) is 0 Å². The van der Waals surface area contributed by atoms with Crippen molar-refractivity contribution in [2.24, 2.45) is 0 Å². The zero-order chi connectivity index (χ0) is 14.6. The molecule has 0 aliphatic carbocycles. The average molecular weight is 313 g/mol. The Kier molecular flexibility index (Phi) is 4.89. The normalized spacial score (nSPS) is 11.7. The van der Waals surface area contributed by atoms with E-state index < -0.39 is 9.84 Å². The van der Waals surface area contributed by atoms with Crippen LogP contribution in [0.4, 0.5) is 0 Å². The van der Waals surface area contributed by atoms with Gasteiger partial charge in [0, 0.05) is 11.3 Å². The second kappa shape index (κ2) is 6.46. The largest absolute Gasteiger partial charge is 0.492 e. The van der Waals surface area contributed by atoms with Crippen LogP contribution in [0.5, 0.6) is 5.75 Å². The Bertz CT molecular complexity index is 695. The molecule has 0 fully saturated rings. The number of alkyl halides is 1. The standard InChI is InChI=1S/C15H17ClO3S/c1-2-20(17,18)10-9-19-15-8-7-12-5-3-4-6-13(12)14(15)11-16/h3-8H,2,9-11H2,1H3. The predicted octanol–water partition coefficient (Wildman–Crippen LogP) is 3.39. The summed E-state index contributed by atoms with van der Waals surface area (Å²) in [5.74, 6) is 1.15. The molecule has 0 aromatic heterocycles. The fourth-order valence-corrected chi connectivity index (χ4v) is 2.91. The summed E-state index contributed by atoms with van der Waals surface area (Å²) >= 11 is 6.01. The molecule has 0 unspecified atom stereocenters. The summed E-state index contributed by atoms with van der Waals surface area (Å²) in [4.78, 5) is 0. The molecule has 0 atom stereocenters. The number of fused-ring (bicyclic) bond motifs is 1. The first kappa shape index (κ1) is 15.1. The SMILES string of the molecule is CCS(=O)(=O)CCOc1ccc2ccccc2c1CCl. The van der Waals surface area contributed by atoms with Gasteiger partial charge in [0.15, 0.2) is 9.84 Å². The molecule has 20 heavy (non-hydrogen) atoms. The molecule has 2 rings (SSSR count). The number of benzene rings is 2. The highest BCUT2D eigenvalue weighted by Crippen LogP contribution is 2.29. The molecule has 0 heterocycles. The molecule has 5 heteroatoms. The van der Waals surface area contributed by atoms with Gasteiger partial charge >= 0.3 is 0 Å².